The lowest BCUT2D eigenvalue weighted by Gasteiger charge is -2.14. The van der Waals surface area contributed by atoms with E-state index in [1.54, 1.807) is 0 Å². The second-order valence-corrected chi connectivity index (χ2v) is 8.86. The molecule has 3 aromatic carbocycles. The monoisotopic (exact) mass is 517 g/mol. The van der Waals surface area contributed by atoms with E-state index in [1.807, 2.05) is 54.6 Å². The van der Waals surface area contributed by atoms with Crippen LogP contribution in [0.3, 0.4) is 0 Å². The third kappa shape index (κ3) is 4.01. The number of aromatic hydroxyl groups is 1. The predicted molar refractivity (Wildman–Crippen MR) is 130 cm³/mol. The number of hydrogen-bond acceptors (Lipinski definition) is 6. The number of imide groups is 1. The summed E-state index contributed by atoms with van der Waals surface area (Å²) in [4.78, 5) is 36.3. The third-order valence-electron chi connectivity index (χ3n) is 5.70. The van der Waals surface area contributed by atoms with Crippen LogP contribution >= 0.6 is 15.9 Å². The SMILES string of the molecule is O=C1c2c(c(OCCCc3ccccc3)c3nccnc3c2O)C(=O)N1Cc1cccc(Br)c1. The van der Waals surface area contributed by atoms with Crippen molar-refractivity contribution in [3.8, 4) is 11.5 Å². The molecule has 7 nitrogen and oxygen atoms in total. The molecule has 1 aromatic heterocycles. The summed E-state index contributed by atoms with van der Waals surface area (Å²) in [6.07, 6.45) is 4.39. The Morgan fingerprint density at radius 1 is 0.882 bits per heavy atom. The quantitative estimate of drug-likeness (QED) is 0.276. The molecule has 0 aliphatic carbocycles. The maximum atomic E-state index is 13.4. The molecule has 0 atom stereocenters. The van der Waals surface area contributed by atoms with E-state index in [0.717, 1.165) is 21.4 Å². The summed E-state index contributed by atoms with van der Waals surface area (Å²) in [5, 5.41) is 10.9. The average Bonchev–Trinajstić information content (AvgIpc) is 3.09. The Labute approximate surface area is 204 Å². The Balaban J connectivity index is 1.49. The minimum absolute atomic E-state index is 0.0326. The highest BCUT2D eigenvalue weighted by Gasteiger charge is 2.42. The van der Waals surface area contributed by atoms with Crippen molar-refractivity contribution in [3.63, 3.8) is 0 Å². The van der Waals surface area contributed by atoms with Crippen molar-refractivity contribution in [2.24, 2.45) is 0 Å². The van der Waals surface area contributed by atoms with Crippen LogP contribution < -0.4 is 4.74 Å². The van der Waals surface area contributed by atoms with E-state index in [2.05, 4.69) is 25.9 Å². The molecular formula is C26H20BrN3O4. The molecular weight excluding hydrogens is 498 g/mol. The van der Waals surface area contributed by atoms with E-state index < -0.39 is 11.8 Å². The minimum atomic E-state index is -0.584. The van der Waals surface area contributed by atoms with Gasteiger partial charge in [0.1, 0.15) is 22.2 Å². The van der Waals surface area contributed by atoms with Crippen LogP contribution in [0.5, 0.6) is 11.5 Å². The van der Waals surface area contributed by atoms with E-state index in [9.17, 15) is 14.7 Å². The second kappa shape index (κ2) is 9.23. The predicted octanol–water partition coefficient (Wildman–Crippen LogP) is 4.91. The van der Waals surface area contributed by atoms with Crippen molar-refractivity contribution >= 4 is 38.8 Å². The first kappa shape index (κ1) is 22.0. The van der Waals surface area contributed by atoms with Crippen LogP contribution in [-0.4, -0.2) is 38.4 Å². The van der Waals surface area contributed by atoms with Gasteiger partial charge in [0, 0.05) is 16.9 Å². The molecule has 1 N–H and O–H groups in total. The van der Waals surface area contributed by atoms with Gasteiger partial charge >= 0.3 is 0 Å². The fraction of sp³-hybridized carbons (Fsp3) is 0.154. The molecule has 8 heteroatoms. The normalized spacial score (nSPS) is 12.9. The fourth-order valence-electron chi connectivity index (χ4n) is 4.12. The van der Waals surface area contributed by atoms with Gasteiger partial charge in [0.25, 0.3) is 11.8 Å². The lowest BCUT2D eigenvalue weighted by Crippen LogP contribution is -2.29. The zero-order valence-electron chi connectivity index (χ0n) is 18.1. The van der Waals surface area contributed by atoms with Gasteiger partial charge in [-0.25, -0.2) is 9.97 Å². The number of fused-ring (bicyclic) bond motifs is 2. The molecule has 0 spiro atoms. The van der Waals surface area contributed by atoms with Crippen LogP contribution in [0.25, 0.3) is 11.0 Å². The van der Waals surface area contributed by atoms with Gasteiger partial charge in [-0.05, 0) is 36.1 Å². The Kier molecular flexibility index (Phi) is 5.98. The number of ether oxygens (including phenoxy) is 1. The van der Waals surface area contributed by atoms with E-state index in [-0.39, 0.29) is 40.2 Å². The van der Waals surface area contributed by atoms with Crippen molar-refractivity contribution < 1.29 is 19.4 Å². The summed E-state index contributed by atoms with van der Waals surface area (Å²) in [5.74, 6) is -1.29. The van der Waals surface area contributed by atoms with Crippen LogP contribution in [0.1, 0.15) is 38.3 Å². The zero-order valence-corrected chi connectivity index (χ0v) is 19.7. The summed E-state index contributed by atoms with van der Waals surface area (Å²) < 4.78 is 6.89. The molecule has 0 fully saturated rings. The first-order chi connectivity index (χ1) is 16.5. The summed E-state index contributed by atoms with van der Waals surface area (Å²) in [6, 6.07) is 17.4. The van der Waals surface area contributed by atoms with Crippen molar-refractivity contribution in [1.29, 1.82) is 0 Å². The zero-order chi connectivity index (χ0) is 23.7. The summed E-state index contributed by atoms with van der Waals surface area (Å²) >= 11 is 3.41. The molecule has 1 aliphatic rings. The van der Waals surface area contributed by atoms with Crippen LogP contribution in [0.15, 0.2) is 71.5 Å². The first-order valence-corrected chi connectivity index (χ1v) is 11.6. The lowest BCUT2D eigenvalue weighted by molar-refractivity contribution is 0.0640. The van der Waals surface area contributed by atoms with Gasteiger partial charge in [-0.2, -0.15) is 0 Å². The Morgan fingerprint density at radius 2 is 1.59 bits per heavy atom. The molecule has 0 saturated heterocycles. The molecule has 0 radical (unpaired) electrons. The highest BCUT2D eigenvalue weighted by atomic mass is 79.9. The number of nitrogens with zero attached hydrogens (tertiary/aromatic N) is 3. The van der Waals surface area contributed by atoms with E-state index in [0.29, 0.717) is 13.0 Å². The number of aryl methyl sites for hydroxylation is 1. The maximum Gasteiger partial charge on any atom is 0.265 e. The van der Waals surface area contributed by atoms with Crippen LogP contribution in [-0.2, 0) is 13.0 Å². The van der Waals surface area contributed by atoms with Gasteiger partial charge < -0.3 is 9.84 Å². The maximum absolute atomic E-state index is 13.4. The Bertz CT molecular complexity index is 1410. The number of amides is 2. The van der Waals surface area contributed by atoms with Gasteiger partial charge in [-0.15, -0.1) is 0 Å². The second-order valence-electron chi connectivity index (χ2n) is 7.95. The summed E-state index contributed by atoms with van der Waals surface area (Å²) in [7, 11) is 0. The van der Waals surface area contributed by atoms with Crippen molar-refractivity contribution in [1.82, 2.24) is 14.9 Å². The van der Waals surface area contributed by atoms with Crippen LogP contribution in [0.4, 0.5) is 0 Å². The Hall–Kier alpha value is -3.78. The molecule has 1 aliphatic heterocycles. The van der Waals surface area contributed by atoms with E-state index in [1.165, 1.54) is 18.0 Å². The number of hydrogen-bond donors (Lipinski definition) is 1. The minimum Gasteiger partial charge on any atom is -0.505 e. The highest BCUT2D eigenvalue weighted by molar-refractivity contribution is 9.10. The third-order valence-corrected chi connectivity index (χ3v) is 6.19. The molecule has 0 saturated carbocycles. The highest BCUT2D eigenvalue weighted by Crippen LogP contribution is 2.43. The molecule has 2 amide bonds. The molecule has 0 bridgehead atoms. The van der Waals surface area contributed by atoms with Crippen molar-refractivity contribution in [3.05, 3.63) is 93.7 Å². The molecule has 34 heavy (non-hydrogen) atoms. The lowest BCUT2D eigenvalue weighted by atomic mass is 10.0. The van der Waals surface area contributed by atoms with Gasteiger partial charge in [0.15, 0.2) is 11.5 Å². The molecule has 5 rings (SSSR count). The fourth-order valence-corrected chi connectivity index (χ4v) is 4.56. The van der Waals surface area contributed by atoms with Crippen LogP contribution in [0, 0.1) is 0 Å². The van der Waals surface area contributed by atoms with Gasteiger partial charge in [-0.3, -0.25) is 14.5 Å². The largest absolute Gasteiger partial charge is 0.505 e. The number of aromatic nitrogens is 2. The number of carbonyl (C=O) groups excluding carboxylic acids is 2. The molecule has 170 valence electrons. The first-order valence-electron chi connectivity index (χ1n) is 10.8. The van der Waals surface area contributed by atoms with Gasteiger partial charge in [0.2, 0.25) is 0 Å². The standard InChI is InChI=1S/C26H20BrN3O4/c27-18-10-4-8-17(14-18)15-30-25(32)19-20(26(30)33)24(22-21(23(19)31)28-11-12-29-22)34-13-5-9-16-6-2-1-3-7-16/h1-4,6-8,10-12,14,31H,5,9,13,15H2. The van der Waals surface area contributed by atoms with Gasteiger partial charge in [0.05, 0.1) is 13.2 Å². The number of benzene rings is 3. The smallest absolute Gasteiger partial charge is 0.265 e. The number of carbonyl (C=O) groups is 2. The van der Waals surface area contributed by atoms with E-state index in [4.69, 9.17) is 4.74 Å². The average molecular weight is 518 g/mol. The van der Waals surface area contributed by atoms with Gasteiger partial charge in [-0.1, -0.05) is 58.4 Å². The number of phenols is 1. The van der Waals surface area contributed by atoms with Crippen LogP contribution in [0.2, 0.25) is 0 Å². The van der Waals surface area contributed by atoms with E-state index >= 15 is 0 Å². The molecule has 0 unspecified atom stereocenters. The Morgan fingerprint density at radius 3 is 2.35 bits per heavy atom. The summed E-state index contributed by atoms with van der Waals surface area (Å²) in [6.45, 7) is 0.376. The summed E-state index contributed by atoms with van der Waals surface area (Å²) in [5.41, 5.74) is 2.28. The topological polar surface area (TPSA) is 92.6 Å². The number of phenolic OH excluding ortho intramolecular Hbond substituents is 1. The molecule has 4 aromatic rings. The van der Waals surface area contributed by atoms with Crippen molar-refractivity contribution in [2.45, 2.75) is 19.4 Å². The molecule has 2 heterocycles. The number of halogens is 1. The number of rotatable bonds is 7. The van der Waals surface area contributed by atoms with Crippen molar-refractivity contribution in [2.75, 3.05) is 6.61 Å².